The lowest BCUT2D eigenvalue weighted by Gasteiger charge is -2.12. The Morgan fingerprint density at radius 3 is 2.11 bits per heavy atom. The third-order valence-electron chi connectivity index (χ3n) is 2.09. The van der Waals surface area contributed by atoms with Crippen LogP contribution in [0, 0.1) is 0 Å². The van der Waals surface area contributed by atoms with Crippen molar-refractivity contribution in [2.24, 2.45) is 5.14 Å². The van der Waals surface area contributed by atoms with Gasteiger partial charge in [0.2, 0.25) is 10.0 Å². The van der Waals surface area contributed by atoms with Gasteiger partial charge in [-0.25, -0.2) is 18.1 Å². The number of rotatable bonds is 6. The van der Waals surface area contributed by atoms with Crippen molar-refractivity contribution in [3.63, 3.8) is 0 Å². The fourth-order valence-corrected chi connectivity index (χ4v) is 4.04. The maximum absolute atomic E-state index is 11.8. The SMILES string of the molecule is COP(=O)(OC)SCc1ccc(S(N)(=O)=O)cc1. The number of benzene rings is 1. The minimum absolute atomic E-state index is 0.0397. The molecule has 0 bridgehead atoms. The Morgan fingerprint density at radius 1 is 1.22 bits per heavy atom. The van der Waals surface area contributed by atoms with Gasteiger partial charge in [0.25, 0.3) is 0 Å². The highest BCUT2D eigenvalue weighted by molar-refractivity contribution is 8.54. The van der Waals surface area contributed by atoms with Crippen molar-refractivity contribution in [3.8, 4) is 0 Å². The van der Waals surface area contributed by atoms with Gasteiger partial charge in [0.15, 0.2) is 0 Å². The Morgan fingerprint density at radius 2 is 1.72 bits per heavy atom. The van der Waals surface area contributed by atoms with Gasteiger partial charge in [-0.1, -0.05) is 12.1 Å². The smallest absolute Gasteiger partial charge is 0.304 e. The highest BCUT2D eigenvalue weighted by atomic mass is 32.7. The summed E-state index contributed by atoms with van der Waals surface area (Å²) >= 11 is 1.02. The number of hydrogen-bond acceptors (Lipinski definition) is 6. The Labute approximate surface area is 110 Å². The van der Waals surface area contributed by atoms with E-state index in [1.165, 1.54) is 26.4 Å². The normalized spacial score (nSPS) is 12.6. The number of primary sulfonamides is 1. The summed E-state index contributed by atoms with van der Waals surface area (Å²) in [6.07, 6.45) is 0. The second kappa shape index (κ2) is 6.18. The third-order valence-corrected chi connectivity index (χ3v) is 6.92. The van der Waals surface area contributed by atoms with Crippen LogP contribution >= 0.6 is 18.2 Å². The maximum Gasteiger partial charge on any atom is 0.388 e. The lowest BCUT2D eigenvalue weighted by atomic mass is 10.2. The summed E-state index contributed by atoms with van der Waals surface area (Å²) in [5.41, 5.74) is 0.793. The molecular weight excluding hydrogens is 297 g/mol. The van der Waals surface area contributed by atoms with Gasteiger partial charge in [-0.3, -0.25) is 0 Å². The van der Waals surface area contributed by atoms with Crippen molar-refractivity contribution >= 4 is 28.2 Å². The lowest BCUT2D eigenvalue weighted by Crippen LogP contribution is -2.11. The molecule has 0 spiro atoms. The Kier molecular flexibility index (Phi) is 5.39. The summed E-state index contributed by atoms with van der Waals surface area (Å²) in [5.74, 6) is 0.379. The van der Waals surface area contributed by atoms with Crippen molar-refractivity contribution in [1.82, 2.24) is 0 Å². The first-order valence-corrected chi connectivity index (χ1v) is 9.46. The van der Waals surface area contributed by atoms with Crippen molar-refractivity contribution < 1.29 is 22.0 Å². The van der Waals surface area contributed by atoms with Crippen molar-refractivity contribution in [1.29, 1.82) is 0 Å². The first-order chi connectivity index (χ1) is 8.30. The number of hydrogen-bond donors (Lipinski definition) is 1. The van der Waals surface area contributed by atoms with Crippen LogP contribution in [-0.4, -0.2) is 22.6 Å². The molecule has 102 valence electrons. The van der Waals surface area contributed by atoms with Gasteiger partial charge in [-0.05, 0) is 29.1 Å². The van der Waals surface area contributed by atoms with E-state index in [9.17, 15) is 13.0 Å². The third kappa shape index (κ3) is 4.38. The van der Waals surface area contributed by atoms with Crippen LogP contribution in [0.5, 0.6) is 0 Å². The molecule has 0 aromatic heterocycles. The molecule has 0 amide bonds. The topological polar surface area (TPSA) is 95.7 Å². The second-order valence-electron chi connectivity index (χ2n) is 3.27. The molecule has 0 saturated carbocycles. The summed E-state index contributed by atoms with van der Waals surface area (Å²) in [6.45, 7) is -3.12. The van der Waals surface area contributed by atoms with Crippen LogP contribution in [0.2, 0.25) is 0 Å². The summed E-state index contributed by atoms with van der Waals surface area (Å²) in [6, 6.07) is 6.00. The van der Waals surface area contributed by atoms with E-state index in [0.717, 1.165) is 16.9 Å². The predicted octanol–water partition coefficient (Wildman–Crippen LogP) is 1.97. The molecule has 1 aromatic rings. The molecule has 6 nitrogen and oxygen atoms in total. The molecule has 0 unspecified atom stereocenters. The summed E-state index contributed by atoms with van der Waals surface area (Å²) in [4.78, 5) is 0.0397. The van der Waals surface area contributed by atoms with Crippen molar-refractivity contribution in [2.75, 3.05) is 14.2 Å². The van der Waals surface area contributed by atoms with E-state index in [4.69, 9.17) is 14.2 Å². The zero-order valence-corrected chi connectivity index (χ0v) is 12.4. The van der Waals surface area contributed by atoms with Crippen LogP contribution in [0.25, 0.3) is 0 Å². The van der Waals surface area contributed by atoms with Crippen molar-refractivity contribution in [2.45, 2.75) is 10.6 Å². The molecular formula is C9H14NO5PS2. The molecule has 0 radical (unpaired) electrons. The van der Waals surface area contributed by atoms with E-state index in [0.29, 0.717) is 5.75 Å². The maximum atomic E-state index is 11.8. The van der Waals surface area contributed by atoms with Gasteiger partial charge >= 0.3 is 6.80 Å². The zero-order chi connectivity index (χ0) is 13.8. The molecule has 18 heavy (non-hydrogen) atoms. The number of sulfonamides is 1. The largest absolute Gasteiger partial charge is 0.388 e. The molecule has 1 rings (SSSR count). The average molecular weight is 311 g/mol. The molecule has 9 heteroatoms. The van der Waals surface area contributed by atoms with E-state index in [2.05, 4.69) is 0 Å². The average Bonchev–Trinajstić information content (AvgIpc) is 2.35. The van der Waals surface area contributed by atoms with Crippen LogP contribution < -0.4 is 5.14 Å². The molecule has 2 N–H and O–H groups in total. The van der Waals surface area contributed by atoms with Crippen molar-refractivity contribution in [3.05, 3.63) is 29.8 Å². The Balaban J connectivity index is 2.74. The first-order valence-electron chi connectivity index (χ1n) is 4.78. The highest BCUT2D eigenvalue weighted by Crippen LogP contribution is 2.60. The van der Waals surface area contributed by atoms with Gasteiger partial charge in [-0.15, -0.1) is 0 Å². The first kappa shape index (κ1) is 15.7. The Hall–Kier alpha value is -0.370. The molecule has 0 saturated heterocycles. The van der Waals surface area contributed by atoms with Crippen LogP contribution in [0.3, 0.4) is 0 Å². The second-order valence-corrected chi connectivity index (χ2v) is 9.12. The van der Waals surface area contributed by atoms with Crippen LogP contribution in [0.1, 0.15) is 5.56 Å². The van der Waals surface area contributed by atoms with Crippen LogP contribution in [-0.2, 0) is 29.4 Å². The van der Waals surface area contributed by atoms with Crippen LogP contribution in [0.15, 0.2) is 29.2 Å². The molecule has 1 aromatic carbocycles. The lowest BCUT2D eigenvalue weighted by molar-refractivity contribution is 0.295. The molecule has 0 aliphatic heterocycles. The van der Waals surface area contributed by atoms with Gasteiger partial charge < -0.3 is 9.05 Å². The molecule has 0 heterocycles. The van der Waals surface area contributed by atoms with Gasteiger partial charge in [0, 0.05) is 20.0 Å². The zero-order valence-electron chi connectivity index (χ0n) is 9.90. The Bertz CT molecular complexity index is 535. The van der Waals surface area contributed by atoms with Gasteiger partial charge in [-0.2, -0.15) is 0 Å². The number of nitrogens with two attached hydrogens (primary N) is 1. The monoisotopic (exact) mass is 311 g/mol. The fourth-order valence-electron chi connectivity index (χ4n) is 1.11. The van der Waals surface area contributed by atoms with E-state index in [-0.39, 0.29) is 4.90 Å². The minimum Gasteiger partial charge on any atom is -0.304 e. The van der Waals surface area contributed by atoms with Crippen LogP contribution in [0.4, 0.5) is 0 Å². The summed E-state index contributed by atoms with van der Waals surface area (Å²) < 4.78 is 43.4. The predicted molar refractivity (Wildman–Crippen MR) is 70.7 cm³/mol. The fraction of sp³-hybridized carbons (Fsp3) is 0.333. The molecule has 0 fully saturated rings. The molecule has 0 aliphatic carbocycles. The minimum atomic E-state index is -3.68. The molecule has 0 aliphatic rings. The van der Waals surface area contributed by atoms with E-state index >= 15 is 0 Å². The highest BCUT2D eigenvalue weighted by Gasteiger charge is 2.21. The summed E-state index contributed by atoms with van der Waals surface area (Å²) in [7, 11) is -1.07. The van der Waals surface area contributed by atoms with Gasteiger partial charge in [0.05, 0.1) is 4.90 Å². The van der Waals surface area contributed by atoms with E-state index < -0.39 is 16.8 Å². The molecule has 0 atom stereocenters. The van der Waals surface area contributed by atoms with Gasteiger partial charge in [0.1, 0.15) is 0 Å². The summed E-state index contributed by atoms with van der Waals surface area (Å²) in [5, 5.41) is 4.98. The van der Waals surface area contributed by atoms with E-state index in [1.807, 2.05) is 0 Å². The quantitative estimate of drug-likeness (QED) is 0.807. The standard InChI is InChI=1S/C9H14NO5PS2/c1-14-16(11,15-2)17-7-8-3-5-9(6-4-8)18(10,12)13/h3-6H,7H2,1-2H3,(H2,10,12,13). The van der Waals surface area contributed by atoms with E-state index in [1.54, 1.807) is 12.1 Å².